The Morgan fingerprint density at radius 1 is 0.925 bits per heavy atom. The summed E-state index contributed by atoms with van der Waals surface area (Å²) in [7, 11) is 0. The number of aromatic nitrogens is 3. The zero-order chi connectivity index (χ0) is 27.9. The minimum absolute atomic E-state index is 0.157. The Labute approximate surface area is 231 Å². The van der Waals surface area contributed by atoms with Crippen LogP contribution in [0.2, 0.25) is 0 Å². The topological polar surface area (TPSA) is 89.3 Å². The molecule has 0 fully saturated rings. The number of para-hydroxylation sites is 3. The van der Waals surface area contributed by atoms with E-state index < -0.39 is 11.9 Å². The molecular weight excluding hydrogens is 509 g/mol. The molecule has 0 aliphatic carbocycles. The molecule has 0 radical (unpaired) electrons. The van der Waals surface area contributed by atoms with Gasteiger partial charge in [0.2, 0.25) is 11.8 Å². The second-order valence-electron chi connectivity index (χ2n) is 9.06. The van der Waals surface area contributed by atoms with E-state index in [-0.39, 0.29) is 24.8 Å². The van der Waals surface area contributed by atoms with E-state index in [1.54, 1.807) is 42.5 Å². The molecule has 0 saturated carbocycles. The summed E-state index contributed by atoms with van der Waals surface area (Å²) in [5.41, 5.74) is 3.15. The van der Waals surface area contributed by atoms with Gasteiger partial charge in [-0.1, -0.05) is 71.9 Å². The fourth-order valence-electron chi connectivity index (χ4n) is 4.53. The highest BCUT2D eigenvalue weighted by molar-refractivity contribution is 6.02. The number of amides is 2. The van der Waals surface area contributed by atoms with Crippen LogP contribution in [0.15, 0.2) is 103 Å². The predicted molar refractivity (Wildman–Crippen MR) is 150 cm³/mol. The lowest BCUT2D eigenvalue weighted by atomic mass is 10.0. The third kappa shape index (κ3) is 5.83. The van der Waals surface area contributed by atoms with Gasteiger partial charge in [0, 0.05) is 6.54 Å². The van der Waals surface area contributed by atoms with Gasteiger partial charge in [-0.25, -0.2) is 9.07 Å². The first kappa shape index (κ1) is 26.6. The molecular formula is C31H28FN5O3. The minimum Gasteiger partial charge on any atom is -0.492 e. The second kappa shape index (κ2) is 12.2. The van der Waals surface area contributed by atoms with Crippen LogP contribution < -0.4 is 15.0 Å². The Hall–Kier alpha value is -5.05. The van der Waals surface area contributed by atoms with Crippen molar-refractivity contribution in [3.8, 4) is 5.75 Å². The number of anilines is 1. The minimum atomic E-state index is -1.04. The molecule has 0 spiro atoms. The fraction of sp³-hybridized carbons (Fsp3) is 0.161. The number of carbonyl (C=O) groups excluding carboxylic acids is 2. The second-order valence-corrected chi connectivity index (χ2v) is 9.06. The number of nitrogens with zero attached hydrogens (tertiary/aromatic N) is 4. The molecule has 5 rings (SSSR count). The summed E-state index contributed by atoms with van der Waals surface area (Å²) in [6, 6.07) is 28.4. The van der Waals surface area contributed by atoms with Crippen molar-refractivity contribution >= 4 is 28.5 Å². The average molecular weight is 538 g/mol. The molecule has 202 valence electrons. The average Bonchev–Trinajstić information content (AvgIpc) is 3.39. The van der Waals surface area contributed by atoms with E-state index in [9.17, 15) is 14.0 Å². The van der Waals surface area contributed by atoms with Crippen molar-refractivity contribution in [2.75, 3.05) is 11.5 Å². The first-order valence-corrected chi connectivity index (χ1v) is 12.9. The third-order valence-electron chi connectivity index (χ3n) is 6.40. The molecule has 1 unspecified atom stereocenters. The van der Waals surface area contributed by atoms with Crippen LogP contribution >= 0.6 is 0 Å². The van der Waals surface area contributed by atoms with Gasteiger partial charge in [-0.3, -0.25) is 14.5 Å². The molecule has 1 N–H and O–H groups in total. The lowest BCUT2D eigenvalue weighted by Crippen LogP contribution is -2.45. The molecule has 0 aliphatic rings. The maximum absolute atomic E-state index is 14.2. The number of benzene rings is 4. The number of rotatable bonds is 10. The SMILES string of the molecule is CCOc1ccccc1N(C(=O)Cn1nnc2ccccc21)C(C(=O)NCc1ccc(F)cc1)c1ccccc1. The molecule has 5 aromatic rings. The van der Waals surface area contributed by atoms with Crippen LogP contribution in [0, 0.1) is 5.82 Å². The maximum atomic E-state index is 14.2. The third-order valence-corrected chi connectivity index (χ3v) is 6.40. The van der Waals surface area contributed by atoms with Gasteiger partial charge >= 0.3 is 0 Å². The lowest BCUT2D eigenvalue weighted by Gasteiger charge is -2.32. The Kier molecular flexibility index (Phi) is 8.10. The van der Waals surface area contributed by atoms with Gasteiger partial charge in [0.1, 0.15) is 29.7 Å². The summed E-state index contributed by atoms with van der Waals surface area (Å²) in [6.45, 7) is 2.23. The van der Waals surface area contributed by atoms with Crippen LogP contribution in [-0.4, -0.2) is 33.4 Å². The van der Waals surface area contributed by atoms with Gasteiger partial charge < -0.3 is 10.1 Å². The summed E-state index contributed by atoms with van der Waals surface area (Å²) in [6.07, 6.45) is 0. The van der Waals surface area contributed by atoms with E-state index in [0.29, 0.717) is 34.6 Å². The van der Waals surface area contributed by atoms with Crippen molar-refractivity contribution in [2.45, 2.75) is 26.1 Å². The van der Waals surface area contributed by atoms with Gasteiger partial charge in [-0.15, -0.1) is 5.10 Å². The molecule has 9 heteroatoms. The number of hydrogen-bond acceptors (Lipinski definition) is 5. The Bertz CT molecular complexity index is 1600. The molecule has 4 aromatic carbocycles. The summed E-state index contributed by atoms with van der Waals surface area (Å²) in [5.74, 6) is -0.677. The van der Waals surface area contributed by atoms with E-state index in [2.05, 4.69) is 15.6 Å². The Morgan fingerprint density at radius 2 is 1.62 bits per heavy atom. The van der Waals surface area contributed by atoms with E-state index in [4.69, 9.17) is 4.74 Å². The van der Waals surface area contributed by atoms with Crippen LogP contribution in [0.5, 0.6) is 5.75 Å². The normalized spacial score (nSPS) is 11.7. The van der Waals surface area contributed by atoms with Crippen LogP contribution in [0.4, 0.5) is 10.1 Å². The van der Waals surface area contributed by atoms with Crippen LogP contribution in [0.1, 0.15) is 24.1 Å². The predicted octanol–water partition coefficient (Wildman–Crippen LogP) is 5.06. The quantitative estimate of drug-likeness (QED) is 0.269. The highest BCUT2D eigenvalue weighted by Crippen LogP contribution is 2.35. The van der Waals surface area contributed by atoms with Crippen LogP contribution in [0.25, 0.3) is 11.0 Å². The molecule has 40 heavy (non-hydrogen) atoms. The van der Waals surface area contributed by atoms with Crippen molar-refractivity contribution in [2.24, 2.45) is 0 Å². The van der Waals surface area contributed by atoms with E-state index in [1.165, 1.54) is 21.7 Å². The largest absolute Gasteiger partial charge is 0.492 e. The number of nitrogens with one attached hydrogen (secondary N) is 1. The molecule has 1 atom stereocenters. The molecule has 0 saturated heterocycles. The number of carbonyl (C=O) groups is 2. The molecule has 1 heterocycles. The van der Waals surface area contributed by atoms with E-state index in [1.807, 2.05) is 55.5 Å². The molecule has 2 amide bonds. The van der Waals surface area contributed by atoms with Crippen molar-refractivity contribution < 1.29 is 18.7 Å². The monoisotopic (exact) mass is 537 g/mol. The summed E-state index contributed by atoms with van der Waals surface area (Å²) >= 11 is 0. The smallest absolute Gasteiger partial charge is 0.249 e. The zero-order valence-electron chi connectivity index (χ0n) is 21.9. The zero-order valence-corrected chi connectivity index (χ0v) is 21.9. The van der Waals surface area contributed by atoms with Crippen molar-refractivity contribution in [3.63, 3.8) is 0 Å². The molecule has 1 aromatic heterocycles. The van der Waals surface area contributed by atoms with Gasteiger partial charge in [-0.2, -0.15) is 0 Å². The fourth-order valence-corrected chi connectivity index (χ4v) is 4.53. The summed E-state index contributed by atoms with van der Waals surface area (Å²) < 4.78 is 20.8. The van der Waals surface area contributed by atoms with Crippen molar-refractivity contribution in [1.29, 1.82) is 0 Å². The summed E-state index contributed by atoms with van der Waals surface area (Å²) in [4.78, 5) is 29.6. The number of hydrogen-bond donors (Lipinski definition) is 1. The molecule has 0 aliphatic heterocycles. The number of fused-ring (bicyclic) bond motifs is 1. The van der Waals surface area contributed by atoms with Crippen molar-refractivity contribution in [1.82, 2.24) is 20.3 Å². The Balaban J connectivity index is 1.56. The first-order chi connectivity index (χ1) is 19.5. The van der Waals surface area contributed by atoms with Gasteiger partial charge in [0.25, 0.3) is 0 Å². The van der Waals surface area contributed by atoms with E-state index in [0.717, 1.165) is 5.56 Å². The van der Waals surface area contributed by atoms with Gasteiger partial charge in [-0.05, 0) is 54.4 Å². The maximum Gasteiger partial charge on any atom is 0.249 e. The lowest BCUT2D eigenvalue weighted by molar-refractivity contribution is -0.127. The Morgan fingerprint density at radius 3 is 2.40 bits per heavy atom. The number of ether oxygens (including phenoxy) is 1. The van der Waals surface area contributed by atoms with Crippen LogP contribution in [-0.2, 0) is 22.7 Å². The van der Waals surface area contributed by atoms with Crippen LogP contribution in [0.3, 0.4) is 0 Å². The van der Waals surface area contributed by atoms with Gasteiger partial charge in [0.05, 0.1) is 17.8 Å². The molecule has 8 nitrogen and oxygen atoms in total. The standard InChI is InChI=1S/C31H28FN5O3/c1-2-40-28-15-9-8-14-27(28)37(29(38)21-36-26-13-7-6-12-25(26)34-35-36)30(23-10-4-3-5-11-23)31(39)33-20-22-16-18-24(32)19-17-22/h3-19,30H,2,20-21H2,1H3,(H,33,39). The van der Waals surface area contributed by atoms with E-state index >= 15 is 0 Å². The highest BCUT2D eigenvalue weighted by atomic mass is 19.1. The van der Waals surface area contributed by atoms with Crippen molar-refractivity contribution in [3.05, 3.63) is 120 Å². The first-order valence-electron chi connectivity index (χ1n) is 12.9. The highest BCUT2D eigenvalue weighted by Gasteiger charge is 2.34. The summed E-state index contributed by atoms with van der Waals surface area (Å²) in [5, 5.41) is 11.3. The number of halogens is 1. The molecule has 0 bridgehead atoms. The van der Waals surface area contributed by atoms with Gasteiger partial charge in [0.15, 0.2) is 0 Å².